The average Bonchev–Trinajstić information content (AvgIpc) is 2.55. The number of fused-ring (bicyclic) bond motifs is 1. The van der Waals surface area contributed by atoms with Gasteiger partial charge in [-0.15, -0.1) is 42.8 Å². The minimum atomic E-state index is 0. The van der Waals surface area contributed by atoms with E-state index in [1.54, 1.807) is 0 Å². The first-order chi connectivity index (χ1) is 5.47. The fraction of sp³-hybridized carbons (Fsp3) is 0. The van der Waals surface area contributed by atoms with Gasteiger partial charge in [0.05, 0.1) is 0 Å². The molecule has 73 valence electrons. The maximum Gasteiger partial charge on any atom is 3.00 e. The van der Waals surface area contributed by atoms with E-state index in [0.29, 0.717) is 0 Å². The Morgan fingerprint density at radius 1 is 0.929 bits per heavy atom. The van der Waals surface area contributed by atoms with Crippen LogP contribution in [0.2, 0.25) is 0 Å². The standard InChI is InChI=1S/C9H7.C2H4.2CH3.Ti/c1-2-5-9-7-3-6-8(9)4-1;1-2;;;/h1-7H;1-2H2;2*1H3;/q-1;;2*-1;+3. The van der Waals surface area contributed by atoms with Crippen LogP contribution in [0.5, 0.6) is 0 Å². The molecule has 0 saturated heterocycles. The van der Waals surface area contributed by atoms with Crippen LogP contribution >= 0.6 is 0 Å². The van der Waals surface area contributed by atoms with E-state index in [1.807, 2.05) is 0 Å². The zero-order valence-electron chi connectivity index (χ0n) is 8.96. The third-order valence-corrected chi connectivity index (χ3v) is 1.55. The van der Waals surface area contributed by atoms with Gasteiger partial charge in [0, 0.05) is 0 Å². The Balaban J connectivity index is -0.000000229. The molecule has 0 nitrogen and oxygen atoms in total. The Morgan fingerprint density at radius 3 is 2.07 bits per heavy atom. The molecule has 2 rings (SSSR count). The molecule has 0 aromatic heterocycles. The van der Waals surface area contributed by atoms with Crippen molar-refractivity contribution in [2.45, 2.75) is 0 Å². The molecule has 0 bridgehead atoms. The molecule has 0 fully saturated rings. The quantitative estimate of drug-likeness (QED) is 0.354. The summed E-state index contributed by atoms with van der Waals surface area (Å²) in [5.41, 5.74) is 0. The molecular weight excluding hydrogens is 204 g/mol. The van der Waals surface area contributed by atoms with Crippen molar-refractivity contribution in [2.24, 2.45) is 0 Å². The summed E-state index contributed by atoms with van der Waals surface area (Å²) < 4.78 is 0. The first kappa shape index (κ1) is 19.0. The van der Waals surface area contributed by atoms with Gasteiger partial charge in [-0.3, -0.25) is 0 Å². The number of hydrogen-bond donors (Lipinski definition) is 0. The molecule has 2 aromatic carbocycles. The van der Waals surface area contributed by atoms with E-state index in [2.05, 4.69) is 55.6 Å². The molecule has 0 spiro atoms. The molecule has 0 unspecified atom stereocenters. The van der Waals surface area contributed by atoms with Crippen molar-refractivity contribution in [3.8, 4) is 0 Å². The van der Waals surface area contributed by atoms with Crippen LogP contribution in [0.4, 0.5) is 0 Å². The zero-order chi connectivity index (χ0) is 8.10. The molecule has 0 aliphatic heterocycles. The van der Waals surface area contributed by atoms with Gasteiger partial charge in [0.25, 0.3) is 0 Å². The van der Waals surface area contributed by atoms with E-state index in [9.17, 15) is 0 Å². The molecule has 2 aromatic rings. The number of rotatable bonds is 0. The van der Waals surface area contributed by atoms with Crippen LogP contribution < -0.4 is 0 Å². The van der Waals surface area contributed by atoms with Crippen LogP contribution in [0, 0.1) is 14.9 Å². The largest absolute Gasteiger partial charge is 3.00 e. The summed E-state index contributed by atoms with van der Waals surface area (Å²) in [4.78, 5) is 0. The van der Waals surface area contributed by atoms with Gasteiger partial charge >= 0.3 is 21.7 Å². The molecule has 0 saturated carbocycles. The summed E-state index contributed by atoms with van der Waals surface area (Å²) in [5, 5.41) is 2.66. The Morgan fingerprint density at radius 2 is 1.50 bits per heavy atom. The molecule has 0 amide bonds. The summed E-state index contributed by atoms with van der Waals surface area (Å²) in [6, 6.07) is 14.7. The molecule has 0 aliphatic carbocycles. The van der Waals surface area contributed by atoms with E-state index < -0.39 is 0 Å². The third kappa shape index (κ3) is 4.50. The first-order valence-electron chi connectivity index (χ1n) is 3.57. The fourth-order valence-corrected chi connectivity index (χ4v) is 1.07. The molecule has 0 aliphatic rings. The van der Waals surface area contributed by atoms with E-state index in [1.165, 1.54) is 10.8 Å². The second kappa shape index (κ2) is 10.4. The molecule has 0 atom stereocenters. The van der Waals surface area contributed by atoms with Crippen molar-refractivity contribution in [1.82, 2.24) is 0 Å². The maximum absolute atomic E-state index is 3.00. The summed E-state index contributed by atoms with van der Waals surface area (Å²) >= 11 is 0. The Labute approximate surface area is 103 Å². The smallest absolute Gasteiger partial charge is 0.358 e. The topological polar surface area (TPSA) is 0 Å². The summed E-state index contributed by atoms with van der Waals surface area (Å²) in [5.74, 6) is 0. The van der Waals surface area contributed by atoms with Gasteiger partial charge in [-0.05, 0) is 0 Å². The molecular formula is C13H17Ti. The number of hydrogen-bond acceptors (Lipinski definition) is 0. The van der Waals surface area contributed by atoms with Gasteiger partial charge < -0.3 is 14.9 Å². The molecule has 0 N–H and O–H groups in total. The number of benzene rings is 1. The Hall–Kier alpha value is -0.716. The van der Waals surface area contributed by atoms with Gasteiger partial charge in [-0.2, -0.15) is 17.5 Å². The zero-order valence-corrected chi connectivity index (χ0v) is 10.5. The van der Waals surface area contributed by atoms with Gasteiger partial charge in [-0.25, -0.2) is 0 Å². The summed E-state index contributed by atoms with van der Waals surface area (Å²) in [6.45, 7) is 6.00. The van der Waals surface area contributed by atoms with Crippen LogP contribution in [0.15, 0.2) is 55.6 Å². The Bertz CT molecular complexity index is 292. The summed E-state index contributed by atoms with van der Waals surface area (Å²) in [6.07, 6.45) is 0. The van der Waals surface area contributed by atoms with Crippen molar-refractivity contribution in [3.05, 3.63) is 70.5 Å². The second-order valence-corrected chi connectivity index (χ2v) is 2.15. The monoisotopic (exact) mass is 221 g/mol. The van der Waals surface area contributed by atoms with E-state index >= 15 is 0 Å². The fourth-order valence-electron chi connectivity index (χ4n) is 1.07. The van der Waals surface area contributed by atoms with Gasteiger partial charge in [0.1, 0.15) is 0 Å². The van der Waals surface area contributed by atoms with Crippen molar-refractivity contribution in [3.63, 3.8) is 0 Å². The minimum Gasteiger partial charge on any atom is -0.358 e. The van der Waals surface area contributed by atoms with Gasteiger partial charge in [-0.1, -0.05) is 6.07 Å². The minimum absolute atomic E-state index is 0. The predicted molar refractivity (Wildman–Crippen MR) is 63.6 cm³/mol. The molecule has 1 heteroatoms. The predicted octanol–water partition coefficient (Wildman–Crippen LogP) is 4.26. The van der Waals surface area contributed by atoms with Crippen LogP contribution in [-0.4, -0.2) is 0 Å². The van der Waals surface area contributed by atoms with Crippen LogP contribution in [0.25, 0.3) is 10.8 Å². The van der Waals surface area contributed by atoms with Crippen molar-refractivity contribution < 1.29 is 21.7 Å². The van der Waals surface area contributed by atoms with E-state index in [-0.39, 0.29) is 36.6 Å². The second-order valence-electron chi connectivity index (χ2n) is 2.15. The van der Waals surface area contributed by atoms with Gasteiger partial charge in [0.2, 0.25) is 0 Å². The van der Waals surface area contributed by atoms with Crippen LogP contribution in [0.1, 0.15) is 0 Å². The third-order valence-electron chi connectivity index (χ3n) is 1.55. The van der Waals surface area contributed by atoms with Crippen LogP contribution in [-0.2, 0) is 21.7 Å². The van der Waals surface area contributed by atoms with Crippen molar-refractivity contribution >= 4 is 10.8 Å². The Kier molecular flexibility index (Phi) is 14.0. The SMILES string of the molecule is C=C.[CH3-].[CH3-].[Ti+3].c1ccc2[cH-]ccc2c1. The average molecular weight is 221 g/mol. The van der Waals surface area contributed by atoms with E-state index in [0.717, 1.165) is 0 Å². The molecule has 1 radical (unpaired) electrons. The first-order valence-corrected chi connectivity index (χ1v) is 3.57. The van der Waals surface area contributed by atoms with Gasteiger partial charge in [0.15, 0.2) is 0 Å². The molecule has 14 heavy (non-hydrogen) atoms. The molecule has 0 heterocycles. The normalized spacial score (nSPS) is 6.86. The van der Waals surface area contributed by atoms with Crippen molar-refractivity contribution in [1.29, 1.82) is 0 Å². The van der Waals surface area contributed by atoms with E-state index in [4.69, 9.17) is 0 Å². The summed E-state index contributed by atoms with van der Waals surface area (Å²) in [7, 11) is 0. The maximum atomic E-state index is 3.00. The van der Waals surface area contributed by atoms with Crippen LogP contribution in [0.3, 0.4) is 0 Å². The van der Waals surface area contributed by atoms with Crippen molar-refractivity contribution in [2.75, 3.05) is 0 Å².